The molecular formula is C14H16BrNO3. The maximum atomic E-state index is 12.4. The largest absolute Gasteiger partial charge is 0.481 e. The van der Waals surface area contributed by atoms with Crippen LogP contribution < -0.4 is 0 Å². The Bertz CT molecular complexity index is 523. The number of hydrogen-bond acceptors (Lipinski definition) is 2. The van der Waals surface area contributed by atoms with Crippen molar-refractivity contribution in [1.29, 1.82) is 0 Å². The normalized spacial score (nSPS) is 22.6. The molecule has 2 rings (SSSR count). The number of likely N-dealkylation sites (tertiary alicyclic amines) is 1. The molecule has 1 saturated heterocycles. The fraction of sp³-hybridized carbons (Fsp3) is 0.429. The number of carboxylic acids is 1. The van der Waals surface area contributed by atoms with E-state index < -0.39 is 11.4 Å². The molecule has 0 saturated carbocycles. The Labute approximate surface area is 120 Å². The first-order valence-electron chi connectivity index (χ1n) is 6.12. The third kappa shape index (κ3) is 2.81. The van der Waals surface area contributed by atoms with Crippen molar-refractivity contribution in [1.82, 2.24) is 4.90 Å². The van der Waals surface area contributed by atoms with E-state index >= 15 is 0 Å². The molecule has 1 heterocycles. The van der Waals surface area contributed by atoms with Gasteiger partial charge in [-0.15, -0.1) is 0 Å². The van der Waals surface area contributed by atoms with Gasteiger partial charge in [0.2, 0.25) is 0 Å². The molecule has 1 aliphatic rings. The second kappa shape index (κ2) is 4.96. The Morgan fingerprint density at radius 1 is 1.37 bits per heavy atom. The molecule has 0 spiro atoms. The molecule has 0 bridgehead atoms. The van der Waals surface area contributed by atoms with E-state index in [1.165, 1.54) is 0 Å². The van der Waals surface area contributed by atoms with Crippen molar-refractivity contribution in [3.05, 3.63) is 33.8 Å². The van der Waals surface area contributed by atoms with Crippen molar-refractivity contribution in [3.63, 3.8) is 0 Å². The van der Waals surface area contributed by atoms with Gasteiger partial charge in [-0.05, 0) is 44.0 Å². The van der Waals surface area contributed by atoms with Crippen LogP contribution in [0.5, 0.6) is 0 Å². The fourth-order valence-electron chi connectivity index (χ4n) is 2.35. The van der Waals surface area contributed by atoms with Gasteiger partial charge in [0.05, 0.1) is 5.41 Å². The summed E-state index contributed by atoms with van der Waals surface area (Å²) >= 11 is 3.37. The summed E-state index contributed by atoms with van der Waals surface area (Å²) < 4.78 is 0.857. The lowest BCUT2D eigenvalue weighted by molar-refractivity contribution is -0.147. The zero-order valence-corrected chi connectivity index (χ0v) is 12.5. The minimum atomic E-state index is -0.840. The number of carboxylic acid groups (broad SMARTS) is 1. The molecule has 0 radical (unpaired) electrons. The highest BCUT2D eigenvalue weighted by molar-refractivity contribution is 9.10. The minimum Gasteiger partial charge on any atom is -0.481 e. The highest BCUT2D eigenvalue weighted by atomic mass is 79.9. The topological polar surface area (TPSA) is 57.6 Å². The van der Waals surface area contributed by atoms with Crippen molar-refractivity contribution in [2.45, 2.75) is 20.3 Å². The summed E-state index contributed by atoms with van der Waals surface area (Å²) in [4.78, 5) is 25.2. The summed E-state index contributed by atoms with van der Waals surface area (Å²) in [5.74, 6) is -0.942. The van der Waals surface area contributed by atoms with E-state index in [1.54, 1.807) is 17.9 Å². The summed E-state index contributed by atoms with van der Waals surface area (Å²) in [5, 5.41) is 9.19. The van der Waals surface area contributed by atoms with Gasteiger partial charge in [0.15, 0.2) is 0 Å². The Morgan fingerprint density at radius 3 is 2.58 bits per heavy atom. The van der Waals surface area contributed by atoms with Gasteiger partial charge in [-0.1, -0.05) is 15.9 Å². The standard InChI is InChI=1S/C14H16BrNO3/c1-9-5-10(7-11(15)6-9)12(17)16-4-3-14(2,8-16)13(18)19/h5-7H,3-4,8H2,1-2H3,(H,18,19). The number of aliphatic carboxylic acids is 1. The molecule has 0 aromatic heterocycles. The third-order valence-electron chi connectivity index (χ3n) is 3.57. The van der Waals surface area contributed by atoms with Gasteiger partial charge in [-0.2, -0.15) is 0 Å². The van der Waals surface area contributed by atoms with Gasteiger partial charge < -0.3 is 10.0 Å². The van der Waals surface area contributed by atoms with Crippen LogP contribution in [-0.4, -0.2) is 35.0 Å². The second-order valence-corrected chi connectivity index (χ2v) is 6.28. The lowest BCUT2D eigenvalue weighted by Crippen LogP contribution is -2.34. The molecule has 1 aromatic carbocycles. The lowest BCUT2D eigenvalue weighted by atomic mass is 9.90. The highest BCUT2D eigenvalue weighted by Crippen LogP contribution is 2.31. The maximum Gasteiger partial charge on any atom is 0.311 e. The number of benzene rings is 1. The van der Waals surface area contributed by atoms with Gasteiger partial charge >= 0.3 is 5.97 Å². The Kier molecular flexibility index (Phi) is 3.67. The predicted molar refractivity (Wildman–Crippen MR) is 75.1 cm³/mol. The number of aryl methyl sites for hydroxylation is 1. The van der Waals surface area contributed by atoms with Crippen LogP contribution in [0.3, 0.4) is 0 Å². The first-order chi connectivity index (χ1) is 8.82. The van der Waals surface area contributed by atoms with Gasteiger partial charge in [-0.25, -0.2) is 0 Å². The average Bonchev–Trinajstić information content (AvgIpc) is 2.71. The minimum absolute atomic E-state index is 0.102. The van der Waals surface area contributed by atoms with Crippen LogP contribution in [0.25, 0.3) is 0 Å². The van der Waals surface area contributed by atoms with E-state index in [0.29, 0.717) is 18.5 Å². The summed E-state index contributed by atoms with van der Waals surface area (Å²) in [7, 11) is 0. The van der Waals surface area contributed by atoms with Crippen LogP contribution in [0.1, 0.15) is 29.3 Å². The van der Waals surface area contributed by atoms with Crippen LogP contribution in [-0.2, 0) is 4.79 Å². The molecule has 5 heteroatoms. The predicted octanol–water partition coefficient (Wildman–Crippen LogP) is 2.69. The zero-order valence-electron chi connectivity index (χ0n) is 10.9. The van der Waals surface area contributed by atoms with Crippen LogP contribution in [0.4, 0.5) is 0 Å². The molecular weight excluding hydrogens is 310 g/mol. The molecule has 4 nitrogen and oxygen atoms in total. The third-order valence-corrected chi connectivity index (χ3v) is 4.02. The quantitative estimate of drug-likeness (QED) is 0.909. The molecule has 1 amide bonds. The van der Waals surface area contributed by atoms with Crippen LogP contribution in [0.2, 0.25) is 0 Å². The Hall–Kier alpha value is -1.36. The van der Waals surface area contributed by atoms with Gasteiger partial charge in [-0.3, -0.25) is 9.59 Å². The van der Waals surface area contributed by atoms with Crippen LogP contribution >= 0.6 is 15.9 Å². The number of amides is 1. The number of carbonyl (C=O) groups excluding carboxylic acids is 1. The number of rotatable bonds is 2. The lowest BCUT2D eigenvalue weighted by Gasteiger charge is -2.20. The summed E-state index contributed by atoms with van der Waals surface area (Å²) in [6.07, 6.45) is 0.501. The first-order valence-corrected chi connectivity index (χ1v) is 6.91. The van der Waals surface area contributed by atoms with Crippen molar-refractivity contribution in [2.24, 2.45) is 5.41 Å². The van der Waals surface area contributed by atoms with Gasteiger partial charge in [0, 0.05) is 23.1 Å². The Morgan fingerprint density at radius 2 is 2.05 bits per heavy atom. The van der Waals surface area contributed by atoms with Crippen molar-refractivity contribution in [2.75, 3.05) is 13.1 Å². The van der Waals surface area contributed by atoms with E-state index in [-0.39, 0.29) is 12.5 Å². The van der Waals surface area contributed by atoms with E-state index in [4.69, 9.17) is 0 Å². The summed E-state index contributed by atoms with van der Waals surface area (Å²) in [5.41, 5.74) is 0.774. The zero-order chi connectivity index (χ0) is 14.2. The fourth-order valence-corrected chi connectivity index (χ4v) is 2.96. The molecule has 1 aliphatic heterocycles. The van der Waals surface area contributed by atoms with E-state index in [2.05, 4.69) is 15.9 Å². The number of halogens is 1. The van der Waals surface area contributed by atoms with E-state index in [9.17, 15) is 14.7 Å². The Balaban J connectivity index is 2.20. The van der Waals surface area contributed by atoms with Crippen molar-refractivity contribution < 1.29 is 14.7 Å². The molecule has 102 valence electrons. The van der Waals surface area contributed by atoms with Gasteiger partial charge in [0.25, 0.3) is 5.91 Å². The molecule has 0 aliphatic carbocycles. The molecule has 1 aromatic rings. The monoisotopic (exact) mass is 325 g/mol. The van der Waals surface area contributed by atoms with Crippen LogP contribution in [0, 0.1) is 12.3 Å². The number of nitrogens with zero attached hydrogens (tertiary/aromatic N) is 1. The SMILES string of the molecule is Cc1cc(Br)cc(C(=O)N2CCC(C)(C(=O)O)C2)c1. The average molecular weight is 326 g/mol. The smallest absolute Gasteiger partial charge is 0.311 e. The second-order valence-electron chi connectivity index (χ2n) is 5.36. The van der Waals surface area contributed by atoms with E-state index in [1.807, 2.05) is 19.1 Å². The number of carbonyl (C=O) groups is 2. The summed E-state index contributed by atoms with van der Waals surface area (Å²) in [6, 6.07) is 5.53. The molecule has 1 atom stereocenters. The maximum absolute atomic E-state index is 12.4. The highest BCUT2D eigenvalue weighted by Gasteiger charge is 2.42. The molecule has 1 fully saturated rings. The van der Waals surface area contributed by atoms with Crippen molar-refractivity contribution in [3.8, 4) is 0 Å². The van der Waals surface area contributed by atoms with Gasteiger partial charge in [0.1, 0.15) is 0 Å². The number of hydrogen-bond donors (Lipinski definition) is 1. The first kappa shape index (κ1) is 14.1. The van der Waals surface area contributed by atoms with E-state index in [0.717, 1.165) is 10.0 Å². The molecule has 1 unspecified atom stereocenters. The van der Waals surface area contributed by atoms with Crippen LogP contribution in [0.15, 0.2) is 22.7 Å². The summed E-state index contributed by atoms with van der Waals surface area (Å²) in [6.45, 7) is 4.38. The molecule has 19 heavy (non-hydrogen) atoms. The molecule has 1 N–H and O–H groups in total. The van der Waals surface area contributed by atoms with Crippen molar-refractivity contribution >= 4 is 27.8 Å².